The number of benzene rings is 3. The normalized spacial score (nSPS) is 11.5. The van der Waals surface area contributed by atoms with Gasteiger partial charge in [-0.15, -0.1) is 0 Å². The summed E-state index contributed by atoms with van der Waals surface area (Å²) >= 11 is 0. The van der Waals surface area contributed by atoms with Gasteiger partial charge in [0.25, 0.3) is 5.91 Å². The zero-order chi connectivity index (χ0) is 22.9. The highest BCUT2D eigenvalue weighted by molar-refractivity contribution is 6.04. The zero-order valence-electron chi connectivity index (χ0n) is 18.1. The van der Waals surface area contributed by atoms with Gasteiger partial charge in [0.1, 0.15) is 5.75 Å². The summed E-state index contributed by atoms with van der Waals surface area (Å²) in [6.45, 7) is 3.88. The molecule has 0 radical (unpaired) electrons. The molecule has 6 heteroatoms. The molecule has 0 aliphatic carbocycles. The Morgan fingerprint density at radius 1 is 0.812 bits per heavy atom. The molecule has 0 bridgehead atoms. The van der Waals surface area contributed by atoms with Crippen molar-refractivity contribution in [2.75, 3.05) is 5.32 Å². The zero-order valence-corrected chi connectivity index (χ0v) is 18.1. The lowest BCUT2D eigenvalue weighted by atomic mass is 10.1. The topological polar surface area (TPSA) is 84.5 Å². The number of ether oxygens (including phenoxy) is 1. The summed E-state index contributed by atoms with van der Waals surface area (Å²) in [5, 5.41) is 5.57. The second kappa shape index (κ2) is 10.9. The predicted molar refractivity (Wildman–Crippen MR) is 123 cm³/mol. The van der Waals surface area contributed by atoms with Crippen LogP contribution in [0.2, 0.25) is 0 Å². The summed E-state index contributed by atoms with van der Waals surface area (Å²) in [5.41, 5.74) is 1.76. The van der Waals surface area contributed by atoms with Gasteiger partial charge in [-0.2, -0.15) is 0 Å². The Morgan fingerprint density at radius 2 is 1.41 bits per heavy atom. The summed E-state index contributed by atoms with van der Waals surface area (Å²) in [5.74, 6) is -0.556. The summed E-state index contributed by atoms with van der Waals surface area (Å²) in [7, 11) is 0. The van der Waals surface area contributed by atoms with Gasteiger partial charge in [0, 0.05) is 17.7 Å². The minimum absolute atomic E-state index is 0.168. The third-order valence-corrected chi connectivity index (χ3v) is 4.63. The number of nitrogens with one attached hydrogen (secondary N) is 2. The van der Waals surface area contributed by atoms with Gasteiger partial charge in [-0.1, -0.05) is 62.4 Å². The van der Waals surface area contributed by atoms with Gasteiger partial charge in [0.15, 0.2) is 6.04 Å². The van der Waals surface area contributed by atoms with E-state index < -0.39 is 12.0 Å². The first-order chi connectivity index (χ1) is 15.4. The second-order valence-electron chi connectivity index (χ2n) is 7.77. The molecule has 2 N–H and O–H groups in total. The molecule has 1 atom stereocenters. The molecule has 3 rings (SSSR count). The Labute approximate surface area is 187 Å². The lowest BCUT2D eigenvalue weighted by Crippen LogP contribution is -2.36. The Bertz CT molecular complexity index is 1050. The van der Waals surface area contributed by atoms with Crippen LogP contribution in [-0.4, -0.2) is 17.8 Å². The lowest BCUT2D eigenvalue weighted by Gasteiger charge is -2.19. The first-order valence-corrected chi connectivity index (χ1v) is 10.4. The second-order valence-corrected chi connectivity index (χ2v) is 7.77. The largest absolute Gasteiger partial charge is 0.425 e. The molecule has 0 aliphatic rings. The van der Waals surface area contributed by atoms with Crippen molar-refractivity contribution >= 4 is 23.5 Å². The van der Waals surface area contributed by atoms with E-state index in [2.05, 4.69) is 10.6 Å². The molecule has 32 heavy (non-hydrogen) atoms. The molecule has 3 aromatic rings. The summed E-state index contributed by atoms with van der Waals surface area (Å²) in [4.78, 5) is 37.4. The van der Waals surface area contributed by atoms with Gasteiger partial charge in [-0.05, 0) is 47.9 Å². The molecule has 0 fully saturated rings. The number of hydrogen-bond donors (Lipinski definition) is 2. The number of carbonyl (C=O) groups is 3. The van der Waals surface area contributed by atoms with E-state index in [1.807, 2.05) is 26.0 Å². The Kier molecular flexibility index (Phi) is 7.75. The summed E-state index contributed by atoms with van der Waals surface area (Å²) < 4.78 is 5.52. The number of rotatable bonds is 8. The van der Waals surface area contributed by atoms with Crippen molar-refractivity contribution in [1.82, 2.24) is 5.32 Å². The van der Waals surface area contributed by atoms with Crippen LogP contribution in [0.15, 0.2) is 84.9 Å². The standard InChI is InChI=1S/C26H26N2O4/c1-18(2)17-23(29)28-24(19-9-5-3-6-10-19)26(31)32-22-15-13-21(14-16-22)27-25(30)20-11-7-4-8-12-20/h3-16,18,24H,17H2,1-2H3,(H,27,30)(H,28,29). The molecule has 0 aromatic heterocycles. The Balaban J connectivity index is 1.67. The first-order valence-electron chi connectivity index (χ1n) is 10.4. The molecular formula is C26H26N2O4. The van der Waals surface area contributed by atoms with Crippen molar-refractivity contribution in [2.45, 2.75) is 26.3 Å². The van der Waals surface area contributed by atoms with Gasteiger partial charge >= 0.3 is 5.97 Å². The number of amides is 2. The molecule has 164 valence electrons. The van der Waals surface area contributed by atoms with Crippen LogP contribution in [0.5, 0.6) is 5.75 Å². The maximum Gasteiger partial charge on any atom is 0.338 e. The number of anilines is 1. The van der Waals surface area contributed by atoms with Crippen LogP contribution in [0.3, 0.4) is 0 Å². The van der Waals surface area contributed by atoms with Gasteiger partial charge in [-0.3, -0.25) is 9.59 Å². The maximum absolute atomic E-state index is 12.9. The molecule has 0 spiro atoms. The third-order valence-electron chi connectivity index (χ3n) is 4.63. The van der Waals surface area contributed by atoms with Crippen LogP contribution in [0.1, 0.15) is 42.2 Å². The molecule has 0 heterocycles. The summed E-state index contributed by atoms with van der Waals surface area (Å²) in [6.07, 6.45) is 0.312. The van der Waals surface area contributed by atoms with Crippen molar-refractivity contribution < 1.29 is 19.1 Å². The molecule has 6 nitrogen and oxygen atoms in total. The average molecular weight is 431 g/mol. The summed E-state index contributed by atoms with van der Waals surface area (Å²) in [6, 6.07) is 23.4. The number of hydrogen-bond acceptors (Lipinski definition) is 4. The van der Waals surface area contributed by atoms with Crippen molar-refractivity contribution in [3.63, 3.8) is 0 Å². The molecule has 1 unspecified atom stereocenters. The monoisotopic (exact) mass is 430 g/mol. The quantitative estimate of drug-likeness (QED) is 0.399. The SMILES string of the molecule is CC(C)CC(=O)NC(C(=O)Oc1ccc(NC(=O)c2ccccc2)cc1)c1ccccc1. The molecule has 0 saturated heterocycles. The van der Waals surface area contributed by atoms with Crippen LogP contribution in [-0.2, 0) is 9.59 Å². The van der Waals surface area contributed by atoms with Gasteiger partial charge in [0.05, 0.1) is 0 Å². The number of esters is 1. The van der Waals surface area contributed by atoms with Gasteiger partial charge in [0.2, 0.25) is 5.91 Å². The fraction of sp³-hybridized carbons (Fsp3) is 0.192. The van der Waals surface area contributed by atoms with Gasteiger partial charge in [-0.25, -0.2) is 4.79 Å². The Hall–Kier alpha value is -3.93. The van der Waals surface area contributed by atoms with E-state index in [4.69, 9.17) is 4.74 Å². The van der Waals surface area contributed by atoms with E-state index in [9.17, 15) is 14.4 Å². The van der Waals surface area contributed by atoms with E-state index in [0.717, 1.165) is 0 Å². The minimum Gasteiger partial charge on any atom is -0.425 e. The van der Waals surface area contributed by atoms with Crippen LogP contribution < -0.4 is 15.4 Å². The van der Waals surface area contributed by atoms with E-state index in [1.54, 1.807) is 72.8 Å². The smallest absolute Gasteiger partial charge is 0.338 e. The number of carbonyl (C=O) groups excluding carboxylic acids is 3. The highest BCUT2D eigenvalue weighted by Gasteiger charge is 2.25. The minimum atomic E-state index is -0.917. The lowest BCUT2D eigenvalue weighted by molar-refractivity contribution is -0.139. The van der Waals surface area contributed by atoms with Gasteiger partial charge < -0.3 is 15.4 Å². The van der Waals surface area contributed by atoms with E-state index in [1.165, 1.54) is 0 Å². The maximum atomic E-state index is 12.9. The van der Waals surface area contributed by atoms with Crippen LogP contribution in [0.4, 0.5) is 5.69 Å². The van der Waals surface area contributed by atoms with Crippen LogP contribution in [0, 0.1) is 5.92 Å². The van der Waals surface area contributed by atoms with Crippen LogP contribution >= 0.6 is 0 Å². The van der Waals surface area contributed by atoms with E-state index in [-0.39, 0.29) is 17.7 Å². The molecular weight excluding hydrogens is 404 g/mol. The van der Waals surface area contributed by atoms with E-state index >= 15 is 0 Å². The van der Waals surface area contributed by atoms with E-state index in [0.29, 0.717) is 29.0 Å². The van der Waals surface area contributed by atoms with Crippen molar-refractivity contribution in [2.24, 2.45) is 5.92 Å². The van der Waals surface area contributed by atoms with Crippen LogP contribution in [0.25, 0.3) is 0 Å². The molecule has 0 saturated carbocycles. The molecule has 0 aliphatic heterocycles. The fourth-order valence-corrected chi connectivity index (χ4v) is 3.09. The average Bonchev–Trinajstić information content (AvgIpc) is 2.79. The highest BCUT2D eigenvalue weighted by Crippen LogP contribution is 2.21. The third kappa shape index (κ3) is 6.54. The van der Waals surface area contributed by atoms with Crippen molar-refractivity contribution in [3.8, 4) is 5.75 Å². The van der Waals surface area contributed by atoms with Crippen molar-refractivity contribution in [1.29, 1.82) is 0 Å². The Morgan fingerprint density at radius 3 is 2.00 bits per heavy atom. The highest BCUT2D eigenvalue weighted by atomic mass is 16.5. The first kappa shape index (κ1) is 22.7. The van der Waals surface area contributed by atoms with Crippen molar-refractivity contribution in [3.05, 3.63) is 96.1 Å². The fourth-order valence-electron chi connectivity index (χ4n) is 3.09. The molecule has 3 aromatic carbocycles. The molecule has 2 amide bonds. The predicted octanol–water partition coefficient (Wildman–Crippen LogP) is 4.75.